The Labute approximate surface area is 112 Å². The summed E-state index contributed by atoms with van der Waals surface area (Å²) in [5, 5.41) is 9.56. The van der Waals surface area contributed by atoms with Crippen LogP contribution in [0, 0.1) is 0 Å². The highest BCUT2D eigenvalue weighted by molar-refractivity contribution is 7.80. The van der Waals surface area contributed by atoms with Crippen LogP contribution in [0.25, 0.3) is 11.3 Å². The van der Waals surface area contributed by atoms with E-state index in [1.807, 2.05) is 0 Å². The number of hydrogen-bond acceptors (Lipinski definition) is 3. The number of hydrogen-bond donors (Lipinski definition) is 2. The Hall–Kier alpha value is -1.10. The van der Waals surface area contributed by atoms with E-state index in [1.165, 1.54) is 12.1 Å². The zero-order valence-corrected chi connectivity index (χ0v) is 10.7. The van der Waals surface area contributed by atoms with Crippen LogP contribution in [0.4, 0.5) is 0 Å². The molecule has 1 aromatic carbocycles. The minimum absolute atomic E-state index is 0.151. The summed E-state index contributed by atoms with van der Waals surface area (Å²) in [7, 11) is 0. The van der Waals surface area contributed by atoms with E-state index in [1.54, 1.807) is 12.1 Å². The molecule has 0 spiro atoms. The van der Waals surface area contributed by atoms with Gasteiger partial charge in [0.15, 0.2) is 0 Å². The van der Waals surface area contributed by atoms with E-state index in [9.17, 15) is 4.79 Å². The van der Waals surface area contributed by atoms with E-state index in [0.29, 0.717) is 26.3 Å². The van der Waals surface area contributed by atoms with Crippen LogP contribution in [0.2, 0.25) is 10.0 Å². The molecule has 2 aromatic rings. The number of carboxylic acid groups (broad SMARTS) is 1. The molecule has 0 saturated carbocycles. The minimum atomic E-state index is -1.13. The van der Waals surface area contributed by atoms with Gasteiger partial charge in [-0.05, 0) is 24.3 Å². The van der Waals surface area contributed by atoms with Crippen molar-refractivity contribution < 1.29 is 14.3 Å². The van der Waals surface area contributed by atoms with Crippen LogP contribution in [0.15, 0.2) is 33.6 Å². The fourth-order valence-electron chi connectivity index (χ4n) is 1.32. The smallest absolute Gasteiger partial charge is 0.371 e. The number of carboxylic acids is 1. The van der Waals surface area contributed by atoms with Gasteiger partial charge in [0, 0.05) is 10.5 Å². The summed E-state index contributed by atoms with van der Waals surface area (Å²) in [6.45, 7) is 0. The molecule has 0 atom stereocenters. The molecule has 0 bridgehead atoms. The molecule has 1 aromatic heterocycles. The van der Waals surface area contributed by atoms with Gasteiger partial charge in [-0.25, -0.2) is 4.79 Å². The number of rotatable bonds is 2. The Morgan fingerprint density at radius 2 is 1.94 bits per heavy atom. The summed E-state index contributed by atoms with van der Waals surface area (Å²) in [6, 6.07) is 6.04. The second kappa shape index (κ2) is 4.64. The summed E-state index contributed by atoms with van der Waals surface area (Å²) in [5.41, 5.74) is 0.530. The zero-order chi connectivity index (χ0) is 12.6. The molecule has 0 aliphatic heterocycles. The quantitative estimate of drug-likeness (QED) is 0.813. The van der Waals surface area contributed by atoms with Crippen LogP contribution in [0.5, 0.6) is 0 Å². The van der Waals surface area contributed by atoms with Gasteiger partial charge < -0.3 is 9.52 Å². The lowest BCUT2D eigenvalue weighted by Crippen LogP contribution is -1.91. The summed E-state index contributed by atoms with van der Waals surface area (Å²) in [6.07, 6.45) is 0. The van der Waals surface area contributed by atoms with Crippen molar-refractivity contribution in [1.29, 1.82) is 0 Å². The van der Waals surface area contributed by atoms with Crippen molar-refractivity contribution in [2.24, 2.45) is 0 Å². The van der Waals surface area contributed by atoms with Crippen molar-refractivity contribution in [1.82, 2.24) is 0 Å². The highest BCUT2D eigenvalue weighted by Crippen LogP contribution is 2.35. The van der Waals surface area contributed by atoms with E-state index in [-0.39, 0.29) is 5.76 Å². The van der Waals surface area contributed by atoms with Gasteiger partial charge in [-0.2, -0.15) is 0 Å². The van der Waals surface area contributed by atoms with Gasteiger partial charge in [0.25, 0.3) is 0 Å². The summed E-state index contributed by atoms with van der Waals surface area (Å²) in [5.74, 6) is -0.936. The predicted molar refractivity (Wildman–Crippen MR) is 68.4 cm³/mol. The fourth-order valence-corrected chi connectivity index (χ4v) is 2.01. The molecule has 1 N–H and O–H groups in total. The maximum Gasteiger partial charge on any atom is 0.371 e. The molecule has 6 heteroatoms. The zero-order valence-electron chi connectivity index (χ0n) is 8.28. The van der Waals surface area contributed by atoms with Crippen molar-refractivity contribution in [3.63, 3.8) is 0 Å². The third kappa shape index (κ3) is 2.44. The van der Waals surface area contributed by atoms with E-state index >= 15 is 0 Å². The maximum atomic E-state index is 10.7. The molecule has 88 valence electrons. The number of aromatic carboxylic acids is 1. The molecule has 0 fully saturated rings. The van der Waals surface area contributed by atoms with Crippen LogP contribution in [-0.4, -0.2) is 11.1 Å². The summed E-state index contributed by atoms with van der Waals surface area (Å²) >= 11 is 16.0. The second-order valence-electron chi connectivity index (χ2n) is 3.25. The highest BCUT2D eigenvalue weighted by Gasteiger charge is 2.14. The summed E-state index contributed by atoms with van der Waals surface area (Å²) < 4.78 is 5.14. The maximum absolute atomic E-state index is 10.7. The van der Waals surface area contributed by atoms with Gasteiger partial charge in [0.05, 0.1) is 10.0 Å². The Kier molecular flexibility index (Phi) is 3.38. The highest BCUT2D eigenvalue weighted by atomic mass is 35.5. The molecule has 0 saturated heterocycles. The Morgan fingerprint density at radius 1 is 1.24 bits per heavy atom. The number of halogens is 2. The van der Waals surface area contributed by atoms with E-state index in [0.717, 1.165) is 0 Å². The van der Waals surface area contributed by atoms with Crippen LogP contribution < -0.4 is 0 Å². The van der Waals surface area contributed by atoms with Crippen molar-refractivity contribution in [3.05, 3.63) is 40.1 Å². The van der Waals surface area contributed by atoms with E-state index in [2.05, 4.69) is 12.6 Å². The number of benzene rings is 1. The Balaban J connectivity index is 2.52. The van der Waals surface area contributed by atoms with E-state index in [4.69, 9.17) is 32.7 Å². The lowest BCUT2D eigenvalue weighted by molar-refractivity contribution is 0.0663. The molecule has 2 rings (SSSR count). The molecule has 0 aliphatic carbocycles. The molecule has 0 aliphatic rings. The number of carbonyl (C=O) groups is 1. The van der Waals surface area contributed by atoms with Crippen molar-refractivity contribution in [3.8, 4) is 11.3 Å². The predicted octanol–water partition coefficient (Wildman–Crippen LogP) is 4.24. The lowest BCUT2D eigenvalue weighted by Gasteiger charge is -2.03. The van der Waals surface area contributed by atoms with Gasteiger partial charge in [-0.1, -0.05) is 23.2 Å². The van der Waals surface area contributed by atoms with Crippen molar-refractivity contribution >= 4 is 41.8 Å². The van der Waals surface area contributed by atoms with Gasteiger partial charge >= 0.3 is 5.97 Å². The normalized spacial score (nSPS) is 10.5. The monoisotopic (exact) mass is 288 g/mol. The number of thiol groups is 1. The first kappa shape index (κ1) is 12.4. The fraction of sp³-hybridized carbons (Fsp3) is 0. The first-order valence-electron chi connectivity index (χ1n) is 4.50. The second-order valence-corrected chi connectivity index (χ2v) is 4.55. The van der Waals surface area contributed by atoms with Gasteiger partial charge in [0.1, 0.15) is 5.76 Å². The third-order valence-electron chi connectivity index (χ3n) is 2.12. The third-order valence-corrected chi connectivity index (χ3v) is 3.25. The summed E-state index contributed by atoms with van der Waals surface area (Å²) in [4.78, 5) is 11.2. The first-order valence-corrected chi connectivity index (χ1v) is 5.71. The average molecular weight is 289 g/mol. The molecular formula is C11H6Cl2O3S. The molecule has 0 amide bonds. The van der Waals surface area contributed by atoms with Crippen LogP contribution in [-0.2, 0) is 0 Å². The minimum Gasteiger partial charge on any atom is -0.475 e. The van der Waals surface area contributed by atoms with Crippen molar-refractivity contribution in [2.75, 3.05) is 0 Å². The average Bonchev–Trinajstić information content (AvgIpc) is 2.72. The van der Waals surface area contributed by atoms with Crippen LogP contribution in [0.3, 0.4) is 0 Å². The molecular weight excluding hydrogens is 283 g/mol. The van der Waals surface area contributed by atoms with Crippen LogP contribution in [0.1, 0.15) is 10.6 Å². The van der Waals surface area contributed by atoms with Gasteiger partial charge in [-0.3, -0.25) is 0 Å². The molecule has 17 heavy (non-hydrogen) atoms. The molecule has 0 unspecified atom stereocenters. The van der Waals surface area contributed by atoms with Crippen LogP contribution >= 0.6 is 35.8 Å². The number of furan rings is 1. The standard InChI is InChI=1S/C11H6Cl2O3S/c12-6-4-10(17)7(13)3-5(6)8-1-2-9(16-8)11(14)15/h1-4,17H,(H,14,15). The lowest BCUT2D eigenvalue weighted by atomic mass is 10.2. The van der Waals surface area contributed by atoms with Crippen molar-refractivity contribution in [2.45, 2.75) is 4.90 Å². The largest absolute Gasteiger partial charge is 0.475 e. The molecule has 1 heterocycles. The van der Waals surface area contributed by atoms with Gasteiger partial charge in [-0.15, -0.1) is 12.6 Å². The Morgan fingerprint density at radius 3 is 2.53 bits per heavy atom. The Bertz CT molecular complexity index is 592. The SMILES string of the molecule is O=C(O)c1ccc(-c2cc(Cl)c(S)cc2Cl)o1. The molecule has 3 nitrogen and oxygen atoms in total. The van der Waals surface area contributed by atoms with Gasteiger partial charge in [0.2, 0.25) is 5.76 Å². The topological polar surface area (TPSA) is 50.4 Å². The first-order chi connectivity index (χ1) is 7.99. The molecule has 0 radical (unpaired) electrons. The van der Waals surface area contributed by atoms with E-state index < -0.39 is 5.97 Å².